The van der Waals surface area contributed by atoms with E-state index in [0.717, 1.165) is 35.9 Å². The van der Waals surface area contributed by atoms with Crippen molar-refractivity contribution < 1.29 is 4.42 Å². The molecule has 1 atom stereocenters. The Labute approximate surface area is 113 Å². The van der Waals surface area contributed by atoms with Crippen molar-refractivity contribution in [1.29, 1.82) is 0 Å². The number of aryl methyl sites for hydroxylation is 1. The van der Waals surface area contributed by atoms with Gasteiger partial charge in [0.2, 0.25) is 5.89 Å². The van der Waals surface area contributed by atoms with E-state index in [1.165, 1.54) is 12.8 Å². The van der Waals surface area contributed by atoms with Crippen LogP contribution in [0.2, 0.25) is 0 Å². The van der Waals surface area contributed by atoms with Crippen LogP contribution in [0, 0.1) is 12.8 Å². The summed E-state index contributed by atoms with van der Waals surface area (Å²) < 4.78 is 5.94. The van der Waals surface area contributed by atoms with Gasteiger partial charge < -0.3 is 9.73 Å². The lowest BCUT2D eigenvalue weighted by atomic mass is 9.75. The van der Waals surface area contributed by atoms with Gasteiger partial charge in [0.25, 0.3) is 0 Å². The fourth-order valence-corrected chi connectivity index (χ4v) is 2.83. The second kappa shape index (κ2) is 4.60. The topological polar surface area (TPSA) is 51.0 Å². The van der Waals surface area contributed by atoms with Gasteiger partial charge in [-0.05, 0) is 50.9 Å². The average Bonchev–Trinajstić information content (AvgIpc) is 2.83. The highest BCUT2D eigenvalue weighted by molar-refractivity contribution is 5.67. The number of pyridine rings is 1. The minimum absolute atomic E-state index is 0.0535. The van der Waals surface area contributed by atoms with E-state index in [1.807, 2.05) is 19.1 Å². The molecule has 4 heteroatoms. The van der Waals surface area contributed by atoms with E-state index < -0.39 is 0 Å². The summed E-state index contributed by atoms with van der Waals surface area (Å²) in [4.78, 5) is 9.05. The number of hydrogen-bond donors (Lipinski definition) is 1. The van der Waals surface area contributed by atoms with Crippen molar-refractivity contribution in [3.8, 4) is 0 Å². The van der Waals surface area contributed by atoms with Crippen molar-refractivity contribution in [2.45, 2.75) is 39.0 Å². The molecular weight excluding hydrogens is 238 g/mol. The van der Waals surface area contributed by atoms with Crippen LogP contribution in [0.5, 0.6) is 0 Å². The number of fused-ring (bicyclic) bond motifs is 1. The molecular formula is C15H21N3O. The first kappa shape index (κ1) is 12.6. The molecule has 2 aromatic heterocycles. The Balaban J connectivity index is 1.97. The highest BCUT2D eigenvalue weighted by atomic mass is 16.3. The molecule has 1 unspecified atom stereocenters. The van der Waals surface area contributed by atoms with Gasteiger partial charge in [-0.3, -0.25) is 0 Å². The van der Waals surface area contributed by atoms with Crippen LogP contribution in [0.1, 0.15) is 38.3 Å². The zero-order valence-electron chi connectivity index (χ0n) is 11.9. The molecule has 0 saturated carbocycles. The molecule has 19 heavy (non-hydrogen) atoms. The lowest BCUT2D eigenvalue weighted by Crippen LogP contribution is -2.40. The van der Waals surface area contributed by atoms with Crippen LogP contribution in [0.4, 0.5) is 0 Å². The molecule has 1 N–H and O–H groups in total. The van der Waals surface area contributed by atoms with Gasteiger partial charge >= 0.3 is 0 Å². The monoisotopic (exact) mass is 259 g/mol. The molecule has 1 aliphatic rings. The van der Waals surface area contributed by atoms with E-state index in [2.05, 4.69) is 29.1 Å². The minimum Gasteiger partial charge on any atom is -0.438 e. The first-order chi connectivity index (χ1) is 9.07. The van der Waals surface area contributed by atoms with E-state index >= 15 is 0 Å². The summed E-state index contributed by atoms with van der Waals surface area (Å²) in [5.74, 6) is 1.38. The third-order valence-corrected chi connectivity index (χ3v) is 4.26. The maximum absolute atomic E-state index is 5.94. The van der Waals surface area contributed by atoms with Gasteiger partial charge in [-0.2, -0.15) is 4.98 Å². The molecule has 0 radical (unpaired) electrons. The van der Waals surface area contributed by atoms with Gasteiger partial charge in [-0.1, -0.05) is 13.8 Å². The van der Waals surface area contributed by atoms with E-state index in [1.54, 1.807) is 0 Å². The average molecular weight is 259 g/mol. The van der Waals surface area contributed by atoms with Gasteiger partial charge in [0, 0.05) is 11.1 Å². The molecule has 1 aliphatic heterocycles. The Kier molecular flexibility index (Phi) is 3.05. The van der Waals surface area contributed by atoms with Crippen molar-refractivity contribution in [3.63, 3.8) is 0 Å². The second-order valence-electron chi connectivity index (χ2n) is 6.06. The van der Waals surface area contributed by atoms with Crippen LogP contribution in [-0.2, 0) is 5.41 Å². The van der Waals surface area contributed by atoms with Crippen LogP contribution >= 0.6 is 0 Å². The van der Waals surface area contributed by atoms with Crippen molar-refractivity contribution in [2.24, 2.45) is 5.92 Å². The zero-order chi connectivity index (χ0) is 13.5. The number of oxazole rings is 1. The molecule has 102 valence electrons. The van der Waals surface area contributed by atoms with Gasteiger partial charge in [-0.15, -0.1) is 0 Å². The summed E-state index contributed by atoms with van der Waals surface area (Å²) >= 11 is 0. The predicted octanol–water partition coefficient (Wildman–Crippen LogP) is 2.81. The highest BCUT2D eigenvalue weighted by Crippen LogP contribution is 2.36. The summed E-state index contributed by atoms with van der Waals surface area (Å²) in [6.45, 7) is 8.59. The molecule has 0 bridgehead atoms. The Morgan fingerprint density at radius 1 is 1.32 bits per heavy atom. The number of nitrogens with zero attached hydrogens (tertiary/aromatic N) is 2. The summed E-state index contributed by atoms with van der Waals surface area (Å²) in [5.41, 5.74) is 2.44. The molecule has 0 amide bonds. The van der Waals surface area contributed by atoms with Gasteiger partial charge in [-0.25, -0.2) is 4.98 Å². The van der Waals surface area contributed by atoms with Gasteiger partial charge in [0.1, 0.15) is 0 Å². The Hall–Kier alpha value is -1.42. The summed E-state index contributed by atoms with van der Waals surface area (Å²) in [7, 11) is 0. The first-order valence-corrected chi connectivity index (χ1v) is 7.03. The quantitative estimate of drug-likeness (QED) is 0.901. The van der Waals surface area contributed by atoms with E-state index in [9.17, 15) is 0 Å². The molecule has 3 heterocycles. The van der Waals surface area contributed by atoms with E-state index in [4.69, 9.17) is 4.42 Å². The van der Waals surface area contributed by atoms with E-state index in [-0.39, 0.29) is 5.41 Å². The molecule has 2 aromatic rings. The smallest absolute Gasteiger partial charge is 0.203 e. The minimum atomic E-state index is -0.0535. The maximum Gasteiger partial charge on any atom is 0.203 e. The summed E-state index contributed by atoms with van der Waals surface area (Å²) in [6.07, 6.45) is 2.46. The lowest BCUT2D eigenvalue weighted by molar-refractivity contribution is 0.215. The Bertz CT molecular complexity index is 582. The molecule has 0 spiro atoms. The number of hydrogen-bond acceptors (Lipinski definition) is 4. The SMILES string of the molecule is Cc1ccc2oc(C(C)(C)C3CCCNC3)nc2n1. The third-order valence-electron chi connectivity index (χ3n) is 4.26. The maximum atomic E-state index is 5.94. The number of nitrogens with one attached hydrogen (secondary N) is 1. The van der Waals surface area contributed by atoms with Crippen molar-refractivity contribution in [1.82, 2.24) is 15.3 Å². The number of piperidine rings is 1. The number of aromatic nitrogens is 2. The Morgan fingerprint density at radius 2 is 2.16 bits per heavy atom. The molecule has 0 aromatic carbocycles. The fourth-order valence-electron chi connectivity index (χ4n) is 2.83. The first-order valence-electron chi connectivity index (χ1n) is 7.03. The molecule has 3 rings (SSSR count). The molecule has 0 aliphatic carbocycles. The van der Waals surface area contributed by atoms with Crippen LogP contribution in [0.15, 0.2) is 16.5 Å². The number of rotatable bonds is 2. The molecule has 1 saturated heterocycles. The van der Waals surface area contributed by atoms with E-state index in [0.29, 0.717) is 5.92 Å². The van der Waals surface area contributed by atoms with Crippen molar-refractivity contribution in [3.05, 3.63) is 23.7 Å². The van der Waals surface area contributed by atoms with Crippen LogP contribution in [0.25, 0.3) is 11.2 Å². The molecule has 4 nitrogen and oxygen atoms in total. The molecule has 1 fully saturated rings. The highest BCUT2D eigenvalue weighted by Gasteiger charge is 2.36. The fraction of sp³-hybridized carbons (Fsp3) is 0.600. The second-order valence-corrected chi connectivity index (χ2v) is 6.06. The standard InChI is InChI=1S/C15H21N3O/c1-10-6-7-12-13(17-10)18-14(19-12)15(2,3)11-5-4-8-16-9-11/h6-7,11,16H,4-5,8-9H2,1-3H3. The van der Waals surface area contributed by atoms with Gasteiger partial charge in [0.05, 0.1) is 0 Å². The van der Waals surface area contributed by atoms with Crippen molar-refractivity contribution >= 4 is 11.2 Å². The van der Waals surface area contributed by atoms with Gasteiger partial charge in [0.15, 0.2) is 11.2 Å². The summed E-state index contributed by atoms with van der Waals surface area (Å²) in [5, 5.41) is 3.47. The van der Waals surface area contributed by atoms with Crippen LogP contribution in [-0.4, -0.2) is 23.1 Å². The lowest BCUT2D eigenvalue weighted by Gasteiger charge is -2.34. The van der Waals surface area contributed by atoms with Crippen LogP contribution in [0.3, 0.4) is 0 Å². The third kappa shape index (κ3) is 2.25. The Morgan fingerprint density at radius 3 is 2.89 bits per heavy atom. The summed E-state index contributed by atoms with van der Waals surface area (Å²) in [6, 6.07) is 3.93. The predicted molar refractivity (Wildman–Crippen MR) is 75.2 cm³/mol. The largest absolute Gasteiger partial charge is 0.438 e. The normalized spacial score (nSPS) is 20.9. The van der Waals surface area contributed by atoms with Crippen molar-refractivity contribution in [2.75, 3.05) is 13.1 Å². The zero-order valence-corrected chi connectivity index (χ0v) is 11.9. The van der Waals surface area contributed by atoms with Crippen LogP contribution < -0.4 is 5.32 Å².